The summed E-state index contributed by atoms with van der Waals surface area (Å²) in [5, 5.41) is 17.5. The van der Waals surface area contributed by atoms with Gasteiger partial charge >= 0.3 is 0 Å². The summed E-state index contributed by atoms with van der Waals surface area (Å²) in [6.45, 7) is 0. The Hall–Kier alpha value is -2.14. The molecule has 0 aliphatic rings. The van der Waals surface area contributed by atoms with Crippen LogP contribution in [0.3, 0.4) is 0 Å². The van der Waals surface area contributed by atoms with Crippen LogP contribution in [0.15, 0.2) is 39.2 Å². The number of nitrogens with one attached hydrogen (secondary N) is 2. The number of H-pyrrole nitrogens is 1. The molecule has 2 aromatic rings. The zero-order valence-corrected chi connectivity index (χ0v) is 12.2. The predicted octanol–water partition coefficient (Wildman–Crippen LogP) is 0.462. The molecule has 0 bridgehead atoms. The number of sulfonamides is 1. The average Bonchev–Trinajstić information content (AvgIpc) is 2.85. The third-order valence-corrected chi connectivity index (χ3v) is 4.00. The van der Waals surface area contributed by atoms with Crippen molar-refractivity contribution in [3.8, 4) is 0 Å². The van der Waals surface area contributed by atoms with Crippen LogP contribution in [0.1, 0.15) is 5.56 Å². The molecule has 0 saturated heterocycles. The molecule has 11 heteroatoms. The van der Waals surface area contributed by atoms with Crippen LogP contribution in [-0.2, 0) is 10.0 Å². The number of hydrogen-bond acceptors (Lipinski definition) is 6. The van der Waals surface area contributed by atoms with Crippen LogP contribution in [0.25, 0.3) is 0 Å². The summed E-state index contributed by atoms with van der Waals surface area (Å²) in [4.78, 5) is 3.72. The molecule has 0 spiro atoms. The lowest BCUT2D eigenvalue weighted by molar-refractivity contribution is 0.318. The molecule has 0 fully saturated rings. The number of anilines is 1. The van der Waals surface area contributed by atoms with Crippen molar-refractivity contribution in [3.05, 3.63) is 34.7 Å². The van der Waals surface area contributed by atoms with Crippen molar-refractivity contribution in [2.24, 2.45) is 10.9 Å². The van der Waals surface area contributed by atoms with Crippen LogP contribution in [0.2, 0.25) is 0 Å². The van der Waals surface area contributed by atoms with Gasteiger partial charge in [0, 0.05) is 16.9 Å². The second-order valence-electron chi connectivity index (χ2n) is 3.59. The summed E-state index contributed by atoms with van der Waals surface area (Å²) < 4.78 is 27.1. The van der Waals surface area contributed by atoms with E-state index in [1.165, 1.54) is 24.7 Å². The Morgan fingerprint density at radius 2 is 2.20 bits per heavy atom. The first-order chi connectivity index (χ1) is 9.44. The number of pyridine rings is 1. The Morgan fingerprint density at radius 1 is 1.45 bits per heavy atom. The van der Waals surface area contributed by atoms with Crippen molar-refractivity contribution in [2.75, 3.05) is 4.72 Å². The minimum atomic E-state index is -3.88. The lowest BCUT2D eigenvalue weighted by atomic mass is 10.3. The standard InChI is InChI=1S/C9H9BrN6O3S/c10-5-1-6(3-12-2-5)20(18,19)16-9-7(4-13-14-9)8(11)15-17/h1-4,17H,(H2,11,15)(H2,13,14,16). The summed E-state index contributed by atoms with van der Waals surface area (Å²) >= 11 is 3.13. The van der Waals surface area contributed by atoms with Crippen LogP contribution in [-0.4, -0.2) is 34.6 Å². The van der Waals surface area contributed by atoms with E-state index < -0.39 is 10.0 Å². The minimum Gasteiger partial charge on any atom is -0.409 e. The first-order valence-corrected chi connectivity index (χ1v) is 7.36. The van der Waals surface area contributed by atoms with Gasteiger partial charge in [0.2, 0.25) is 0 Å². The SMILES string of the molecule is NC(=NO)c1cn[nH]c1NS(=O)(=O)c1cncc(Br)c1. The highest BCUT2D eigenvalue weighted by molar-refractivity contribution is 9.10. The maximum absolute atomic E-state index is 12.2. The third kappa shape index (κ3) is 2.88. The lowest BCUT2D eigenvalue weighted by Crippen LogP contribution is -2.19. The highest BCUT2D eigenvalue weighted by atomic mass is 79.9. The molecule has 2 heterocycles. The third-order valence-electron chi connectivity index (χ3n) is 2.25. The Morgan fingerprint density at radius 3 is 2.85 bits per heavy atom. The van der Waals surface area contributed by atoms with Gasteiger partial charge in [-0.25, -0.2) is 8.42 Å². The van der Waals surface area contributed by atoms with Crippen molar-refractivity contribution in [1.29, 1.82) is 0 Å². The normalized spacial score (nSPS) is 12.3. The zero-order valence-electron chi connectivity index (χ0n) is 9.78. The molecule has 106 valence electrons. The highest BCUT2D eigenvalue weighted by Crippen LogP contribution is 2.19. The molecule has 0 unspecified atom stereocenters. The minimum absolute atomic E-state index is 0.0136. The molecule has 0 aromatic carbocycles. The van der Waals surface area contributed by atoms with E-state index in [0.29, 0.717) is 4.47 Å². The van der Waals surface area contributed by atoms with Gasteiger partial charge < -0.3 is 10.9 Å². The van der Waals surface area contributed by atoms with Crippen molar-refractivity contribution in [3.63, 3.8) is 0 Å². The van der Waals surface area contributed by atoms with E-state index >= 15 is 0 Å². The molecule has 0 saturated carbocycles. The topological polar surface area (TPSA) is 146 Å². The number of nitrogens with zero attached hydrogens (tertiary/aromatic N) is 3. The van der Waals surface area contributed by atoms with Gasteiger partial charge in [-0.05, 0) is 22.0 Å². The van der Waals surface area contributed by atoms with Gasteiger partial charge in [0.05, 0.1) is 11.8 Å². The molecule has 0 atom stereocenters. The summed E-state index contributed by atoms with van der Waals surface area (Å²) in [5.41, 5.74) is 5.53. The maximum Gasteiger partial charge on any atom is 0.264 e. The number of amidine groups is 1. The van der Waals surface area contributed by atoms with E-state index in [2.05, 4.69) is 41.0 Å². The molecule has 0 radical (unpaired) electrons. The average molecular weight is 361 g/mol. The lowest BCUT2D eigenvalue weighted by Gasteiger charge is -2.07. The summed E-state index contributed by atoms with van der Waals surface area (Å²) in [5.74, 6) is -0.288. The van der Waals surface area contributed by atoms with Gasteiger partial charge in [0.15, 0.2) is 5.84 Å². The quantitative estimate of drug-likeness (QED) is 0.269. The Balaban J connectivity index is 2.37. The van der Waals surface area contributed by atoms with E-state index in [1.807, 2.05) is 0 Å². The molecule has 0 aliphatic heterocycles. The molecular formula is C9H9BrN6O3S. The van der Waals surface area contributed by atoms with Crippen LogP contribution < -0.4 is 10.5 Å². The van der Waals surface area contributed by atoms with Gasteiger partial charge in [-0.3, -0.25) is 14.8 Å². The predicted molar refractivity (Wildman–Crippen MR) is 73.8 cm³/mol. The molecule has 2 rings (SSSR count). The monoisotopic (exact) mass is 360 g/mol. The Kier molecular flexibility index (Phi) is 3.90. The summed E-state index contributed by atoms with van der Waals surface area (Å²) in [6.07, 6.45) is 3.87. The van der Waals surface area contributed by atoms with Crippen molar-refractivity contribution in [1.82, 2.24) is 15.2 Å². The smallest absolute Gasteiger partial charge is 0.264 e. The van der Waals surface area contributed by atoms with Gasteiger partial charge in [-0.1, -0.05) is 5.16 Å². The fraction of sp³-hybridized carbons (Fsp3) is 0. The van der Waals surface area contributed by atoms with E-state index in [1.54, 1.807) is 0 Å². The molecule has 2 aromatic heterocycles. The number of rotatable bonds is 4. The van der Waals surface area contributed by atoms with Crippen LogP contribution in [0.4, 0.5) is 5.82 Å². The molecule has 9 nitrogen and oxygen atoms in total. The first kappa shape index (κ1) is 14.3. The highest BCUT2D eigenvalue weighted by Gasteiger charge is 2.19. The molecule has 5 N–H and O–H groups in total. The summed E-state index contributed by atoms with van der Waals surface area (Å²) in [7, 11) is -3.88. The first-order valence-electron chi connectivity index (χ1n) is 5.08. The second kappa shape index (κ2) is 5.46. The maximum atomic E-state index is 12.2. The van der Waals surface area contributed by atoms with Gasteiger partial charge in [0.1, 0.15) is 10.7 Å². The molecular weight excluding hydrogens is 352 g/mol. The number of hydrogen-bond donors (Lipinski definition) is 4. The largest absolute Gasteiger partial charge is 0.409 e. The van der Waals surface area contributed by atoms with Gasteiger partial charge in [-0.2, -0.15) is 5.10 Å². The van der Waals surface area contributed by atoms with Crippen molar-refractivity contribution < 1.29 is 13.6 Å². The van der Waals surface area contributed by atoms with E-state index in [0.717, 1.165) is 0 Å². The Bertz CT molecular complexity index is 757. The van der Waals surface area contributed by atoms with E-state index in [9.17, 15) is 8.42 Å². The van der Waals surface area contributed by atoms with Crippen LogP contribution >= 0.6 is 15.9 Å². The number of aromatic nitrogens is 3. The van der Waals surface area contributed by atoms with Gasteiger partial charge in [0.25, 0.3) is 10.0 Å². The molecule has 20 heavy (non-hydrogen) atoms. The van der Waals surface area contributed by atoms with E-state index in [-0.39, 0.29) is 22.1 Å². The van der Waals surface area contributed by atoms with E-state index in [4.69, 9.17) is 10.9 Å². The number of nitrogens with two attached hydrogens (primary N) is 1. The van der Waals surface area contributed by atoms with Crippen molar-refractivity contribution >= 4 is 37.6 Å². The number of oxime groups is 1. The molecule has 0 aliphatic carbocycles. The van der Waals surface area contributed by atoms with Crippen molar-refractivity contribution in [2.45, 2.75) is 4.90 Å². The second-order valence-corrected chi connectivity index (χ2v) is 6.19. The molecule has 0 amide bonds. The fourth-order valence-electron chi connectivity index (χ4n) is 1.34. The summed E-state index contributed by atoms with van der Waals surface area (Å²) in [6, 6.07) is 1.38. The van der Waals surface area contributed by atoms with Crippen LogP contribution in [0, 0.1) is 0 Å². The Labute approximate surface area is 122 Å². The van der Waals surface area contributed by atoms with Gasteiger partial charge in [-0.15, -0.1) is 0 Å². The number of halogens is 1. The fourth-order valence-corrected chi connectivity index (χ4v) is 2.88. The zero-order chi connectivity index (χ0) is 14.8. The van der Waals surface area contributed by atoms with Crippen LogP contribution in [0.5, 0.6) is 0 Å². The number of aromatic amines is 1.